The van der Waals surface area contributed by atoms with Gasteiger partial charge in [0.05, 0.1) is 16.0 Å². The molecule has 0 atom stereocenters. The van der Waals surface area contributed by atoms with Gasteiger partial charge in [-0.25, -0.2) is 17.8 Å². The minimum absolute atomic E-state index is 0.00125. The van der Waals surface area contributed by atoms with Crippen LogP contribution in [0.15, 0.2) is 28.6 Å². The van der Waals surface area contributed by atoms with Crippen LogP contribution in [0.4, 0.5) is 4.39 Å². The van der Waals surface area contributed by atoms with Crippen molar-refractivity contribution < 1.29 is 12.8 Å². The number of fused-ring (bicyclic) bond motifs is 1. The molecule has 1 aromatic heterocycles. The third kappa shape index (κ3) is 2.00. The van der Waals surface area contributed by atoms with Crippen molar-refractivity contribution in [2.24, 2.45) is 0 Å². The molecule has 0 bridgehead atoms. The highest BCUT2D eigenvalue weighted by atomic mass is 32.2. The summed E-state index contributed by atoms with van der Waals surface area (Å²) in [6.07, 6.45) is 0. The van der Waals surface area contributed by atoms with E-state index in [4.69, 9.17) is 0 Å². The number of rotatable bonds is 3. The molecule has 0 aliphatic heterocycles. The monoisotopic (exact) mass is 245 g/mol. The average molecular weight is 245 g/mol. The summed E-state index contributed by atoms with van der Waals surface area (Å²) < 4.78 is 35.8. The molecule has 0 unspecified atom stereocenters. The summed E-state index contributed by atoms with van der Waals surface area (Å²) in [4.78, 5) is 3.97. The summed E-state index contributed by atoms with van der Waals surface area (Å²) in [5.41, 5.74) is 0.639. The largest absolute Gasteiger partial charge is 0.250 e. The molecule has 0 amide bonds. The molecule has 1 aromatic carbocycles. The number of hydrogen-bond donors (Lipinski definition) is 0. The highest BCUT2D eigenvalue weighted by Gasteiger charge is 2.18. The average Bonchev–Trinajstić information content (AvgIpc) is 2.61. The predicted molar refractivity (Wildman–Crippen MR) is 57.6 cm³/mol. The van der Waals surface area contributed by atoms with Gasteiger partial charge in [0.2, 0.25) is 14.2 Å². The topological polar surface area (TPSA) is 47.0 Å². The molecule has 0 aliphatic carbocycles. The minimum atomic E-state index is -3.54. The predicted octanol–water partition coefficient (Wildman–Crippen LogP) is 2.04. The maximum absolute atomic E-state index is 12.0. The lowest BCUT2D eigenvalue weighted by Gasteiger charge is -1.93. The van der Waals surface area contributed by atoms with Crippen LogP contribution in [0.5, 0.6) is 0 Å². The third-order valence-corrected chi connectivity index (χ3v) is 5.04. The number of halogens is 1. The van der Waals surface area contributed by atoms with Crippen LogP contribution in [0.3, 0.4) is 0 Å². The smallest absolute Gasteiger partial charge is 0.210 e. The van der Waals surface area contributed by atoms with Crippen LogP contribution in [0.1, 0.15) is 0 Å². The zero-order chi connectivity index (χ0) is 10.9. The van der Waals surface area contributed by atoms with Gasteiger partial charge < -0.3 is 0 Å². The molecule has 0 radical (unpaired) electrons. The normalized spacial score (nSPS) is 12.1. The zero-order valence-corrected chi connectivity index (χ0v) is 9.31. The van der Waals surface area contributed by atoms with Crippen LogP contribution in [-0.2, 0) is 9.84 Å². The lowest BCUT2D eigenvalue weighted by atomic mass is 10.3. The molecule has 6 heteroatoms. The van der Waals surface area contributed by atoms with E-state index >= 15 is 0 Å². The summed E-state index contributed by atoms with van der Waals surface area (Å²) in [6, 6.07) is 7.13. The number of hydrogen-bond acceptors (Lipinski definition) is 4. The molecule has 0 spiro atoms. The van der Waals surface area contributed by atoms with E-state index in [1.165, 1.54) is 0 Å². The van der Waals surface area contributed by atoms with Crippen LogP contribution >= 0.6 is 11.3 Å². The van der Waals surface area contributed by atoms with Crippen molar-refractivity contribution in [1.29, 1.82) is 0 Å². The molecule has 80 valence electrons. The Morgan fingerprint density at radius 2 is 2.07 bits per heavy atom. The summed E-state index contributed by atoms with van der Waals surface area (Å²) in [6.45, 7) is -0.877. The van der Waals surface area contributed by atoms with E-state index < -0.39 is 22.3 Å². The summed E-state index contributed by atoms with van der Waals surface area (Å²) in [5, 5.41) is 0. The molecule has 0 N–H and O–H groups in total. The number of sulfone groups is 1. The van der Waals surface area contributed by atoms with E-state index in [1.807, 2.05) is 6.07 Å². The van der Waals surface area contributed by atoms with E-state index in [2.05, 4.69) is 4.98 Å². The molecule has 15 heavy (non-hydrogen) atoms. The Balaban J connectivity index is 2.54. The zero-order valence-electron chi connectivity index (χ0n) is 7.68. The van der Waals surface area contributed by atoms with E-state index in [1.54, 1.807) is 18.2 Å². The number of alkyl halides is 1. The number of nitrogens with zero attached hydrogens (tertiary/aromatic N) is 1. The Morgan fingerprint density at radius 1 is 1.33 bits per heavy atom. The minimum Gasteiger partial charge on any atom is -0.250 e. The van der Waals surface area contributed by atoms with Crippen LogP contribution < -0.4 is 0 Å². The molecular weight excluding hydrogens is 237 g/mol. The number of benzene rings is 1. The number of thiazole rings is 1. The van der Waals surface area contributed by atoms with Crippen molar-refractivity contribution >= 4 is 31.4 Å². The second kappa shape index (κ2) is 3.86. The van der Waals surface area contributed by atoms with Crippen LogP contribution in [0.25, 0.3) is 10.2 Å². The van der Waals surface area contributed by atoms with Crippen LogP contribution in [-0.4, -0.2) is 25.8 Å². The maximum Gasteiger partial charge on any atom is 0.210 e. The van der Waals surface area contributed by atoms with Gasteiger partial charge in [-0.1, -0.05) is 12.1 Å². The van der Waals surface area contributed by atoms with Gasteiger partial charge in [-0.05, 0) is 12.1 Å². The molecule has 0 saturated heterocycles. The molecular formula is C9H8FNO2S2. The number of aromatic nitrogens is 1. The van der Waals surface area contributed by atoms with E-state index in [0.29, 0.717) is 5.52 Å². The van der Waals surface area contributed by atoms with Crippen molar-refractivity contribution in [3.05, 3.63) is 24.3 Å². The van der Waals surface area contributed by atoms with Crippen molar-refractivity contribution in [2.45, 2.75) is 4.34 Å². The van der Waals surface area contributed by atoms with Gasteiger partial charge in [0.1, 0.15) is 6.67 Å². The van der Waals surface area contributed by atoms with E-state index in [0.717, 1.165) is 16.0 Å². The summed E-state index contributed by atoms with van der Waals surface area (Å²) in [7, 11) is -3.54. The van der Waals surface area contributed by atoms with Gasteiger partial charge in [0.25, 0.3) is 0 Å². The fraction of sp³-hybridized carbons (Fsp3) is 0.222. The lowest BCUT2D eigenvalue weighted by molar-refractivity contribution is 0.517. The van der Waals surface area contributed by atoms with Gasteiger partial charge in [-0.3, -0.25) is 0 Å². The van der Waals surface area contributed by atoms with Gasteiger partial charge >= 0.3 is 0 Å². The summed E-state index contributed by atoms with van der Waals surface area (Å²) in [5.74, 6) is -0.493. The third-order valence-electron chi connectivity index (χ3n) is 1.89. The first kappa shape index (κ1) is 10.5. The maximum atomic E-state index is 12.0. The van der Waals surface area contributed by atoms with Gasteiger partial charge in [-0.2, -0.15) is 0 Å². The van der Waals surface area contributed by atoms with Crippen LogP contribution in [0, 0.1) is 0 Å². The Kier molecular flexibility index (Phi) is 2.70. The highest BCUT2D eigenvalue weighted by Crippen LogP contribution is 2.25. The fourth-order valence-corrected chi connectivity index (χ4v) is 3.51. The van der Waals surface area contributed by atoms with Crippen molar-refractivity contribution in [3.63, 3.8) is 0 Å². The van der Waals surface area contributed by atoms with Crippen molar-refractivity contribution in [1.82, 2.24) is 4.98 Å². The van der Waals surface area contributed by atoms with E-state index in [9.17, 15) is 12.8 Å². The fourth-order valence-electron chi connectivity index (χ4n) is 1.17. The first-order chi connectivity index (χ1) is 7.13. The molecule has 1 heterocycles. The second-order valence-electron chi connectivity index (χ2n) is 2.96. The molecule has 0 saturated carbocycles. The molecule has 0 aliphatic rings. The van der Waals surface area contributed by atoms with Gasteiger partial charge in [-0.15, -0.1) is 11.3 Å². The highest BCUT2D eigenvalue weighted by molar-refractivity contribution is 7.93. The van der Waals surface area contributed by atoms with Crippen molar-refractivity contribution in [2.75, 3.05) is 12.4 Å². The molecule has 0 fully saturated rings. The standard InChI is InChI=1S/C9H8FNO2S2/c10-5-6-15(12,13)9-11-7-3-1-2-4-8(7)14-9/h1-4H,5-6H2. The summed E-state index contributed by atoms with van der Waals surface area (Å²) >= 11 is 1.08. The van der Waals surface area contributed by atoms with Crippen molar-refractivity contribution in [3.8, 4) is 0 Å². The van der Waals surface area contributed by atoms with Gasteiger partial charge in [0, 0.05) is 0 Å². The Bertz CT molecular complexity index is 544. The van der Waals surface area contributed by atoms with Gasteiger partial charge in [0.15, 0.2) is 0 Å². The SMILES string of the molecule is O=S(=O)(CCF)c1nc2ccccc2s1. The van der Waals surface area contributed by atoms with E-state index in [-0.39, 0.29) is 4.34 Å². The molecule has 2 aromatic rings. The Morgan fingerprint density at radius 3 is 2.73 bits per heavy atom. The lowest BCUT2D eigenvalue weighted by Crippen LogP contribution is -2.07. The van der Waals surface area contributed by atoms with Crippen LogP contribution in [0.2, 0.25) is 0 Å². The quantitative estimate of drug-likeness (QED) is 0.831. The number of para-hydroxylation sites is 1. The first-order valence-electron chi connectivity index (χ1n) is 4.28. The Hall–Kier alpha value is -1.01. The Labute approximate surface area is 90.5 Å². The molecule has 3 nitrogen and oxygen atoms in total. The first-order valence-corrected chi connectivity index (χ1v) is 6.74. The second-order valence-corrected chi connectivity index (χ2v) is 6.27. The molecule has 2 rings (SSSR count).